The molecule has 0 aromatic rings. The summed E-state index contributed by atoms with van der Waals surface area (Å²) in [6.07, 6.45) is 88.1. The zero-order valence-electron chi connectivity index (χ0n) is 48.6. The molecule has 0 bridgehead atoms. The molecule has 0 saturated heterocycles. The highest BCUT2D eigenvalue weighted by molar-refractivity contribution is 4.99. The summed E-state index contributed by atoms with van der Waals surface area (Å²) < 4.78 is 0. The molecule has 0 spiro atoms. The topological polar surface area (TPSA) is 0 Å². The molecular weight excluding hydrogens is 841 g/mol. The second-order valence-electron chi connectivity index (χ2n) is 22.9. The van der Waals surface area contributed by atoms with Crippen LogP contribution in [-0.4, -0.2) is 0 Å². The summed E-state index contributed by atoms with van der Waals surface area (Å²) >= 11 is 0. The molecule has 4 unspecified atom stereocenters. The first kappa shape index (κ1) is 68.4. The maximum Gasteiger partial charge on any atom is -0.0202 e. The fourth-order valence-corrected chi connectivity index (χ4v) is 12.4. The van der Waals surface area contributed by atoms with Crippen LogP contribution in [0.4, 0.5) is 0 Å². The standard InChI is InChI=1S/C70H130/c1-8-15-21-26-31-36-39-40-42-47-52-57-63-68(62-20-13-6)70(65-59-54-49-44-35-30-25-19-12-5,66-60-55-50-45-38-33-28-23-17-10-3)69(64-58-53-48-43-37-32-27-22-16-9-2)67(14-7)61-56-51-46-41-34-29-24-18-11-4/h9-12,14,26,31,67-69H,2-5,7-8,13,15-25,27-30,32-66H2,1,6H3. The molecule has 0 rings (SSSR count). The Labute approximate surface area is 444 Å². The van der Waals surface area contributed by atoms with E-state index in [1.807, 2.05) is 0 Å². The Bertz CT molecular complexity index is 1110. The van der Waals surface area contributed by atoms with E-state index in [2.05, 4.69) is 82.7 Å². The lowest BCUT2D eigenvalue weighted by Crippen LogP contribution is -2.42. The minimum absolute atomic E-state index is 0.448. The third-order valence-electron chi connectivity index (χ3n) is 16.8. The van der Waals surface area contributed by atoms with Crippen molar-refractivity contribution in [1.29, 1.82) is 0 Å². The predicted molar refractivity (Wildman–Crippen MR) is 324 cm³/mol. The molecular formula is C70H130. The van der Waals surface area contributed by atoms with E-state index in [1.165, 1.54) is 334 Å². The number of rotatable bonds is 61. The maximum absolute atomic E-state index is 4.79. The summed E-state index contributed by atoms with van der Waals surface area (Å²) in [5, 5.41) is 0. The van der Waals surface area contributed by atoms with Crippen LogP contribution in [0.2, 0.25) is 0 Å². The fourth-order valence-electron chi connectivity index (χ4n) is 12.4. The third-order valence-corrected chi connectivity index (χ3v) is 16.8. The summed E-state index contributed by atoms with van der Waals surface area (Å²) in [7, 11) is 0. The first-order valence-electron chi connectivity index (χ1n) is 32.3. The van der Waals surface area contributed by atoms with Crippen LogP contribution in [0.15, 0.2) is 75.4 Å². The van der Waals surface area contributed by atoms with Crippen LogP contribution in [0, 0.1) is 23.2 Å². The number of hydrogen-bond donors (Lipinski definition) is 0. The Kier molecular flexibility index (Phi) is 55.5. The van der Waals surface area contributed by atoms with Crippen molar-refractivity contribution in [1.82, 2.24) is 0 Å². The van der Waals surface area contributed by atoms with Crippen LogP contribution in [0.3, 0.4) is 0 Å². The summed E-state index contributed by atoms with van der Waals surface area (Å²) in [4.78, 5) is 0. The molecule has 0 fully saturated rings. The molecule has 0 heteroatoms. The average Bonchev–Trinajstić information content (AvgIpc) is 3.37. The smallest absolute Gasteiger partial charge is 0.0202 e. The van der Waals surface area contributed by atoms with Crippen molar-refractivity contribution in [2.75, 3.05) is 0 Å². The number of allylic oxidation sites excluding steroid dienone is 7. The van der Waals surface area contributed by atoms with E-state index in [1.54, 1.807) is 0 Å². The second-order valence-corrected chi connectivity index (χ2v) is 22.9. The Morgan fingerprint density at radius 1 is 0.286 bits per heavy atom. The molecule has 410 valence electrons. The van der Waals surface area contributed by atoms with Gasteiger partial charge in [0.2, 0.25) is 0 Å². The largest absolute Gasteiger partial charge is 0.103 e. The minimum Gasteiger partial charge on any atom is -0.103 e. The summed E-state index contributed by atoms with van der Waals surface area (Å²) in [6.45, 7) is 25.4. The van der Waals surface area contributed by atoms with Crippen LogP contribution in [0.5, 0.6) is 0 Å². The molecule has 0 N–H and O–H groups in total. The normalized spacial score (nSPS) is 13.9. The van der Waals surface area contributed by atoms with Gasteiger partial charge < -0.3 is 0 Å². The molecule has 0 aromatic carbocycles. The van der Waals surface area contributed by atoms with Gasteiger partial charge in [-0.15, -0.1) is 32.9 Å². The second kappa shape index (κ2) is 56.7. The molecule has 0 aliphatic rings. The molecule has 70 heavy (non-hydrogen) atoms. The van der Waals surface area contributed by atoms with Gasteiger partial charge in [0.15, 0.2) is 0 Å². The van der Waals surface area contributed by atoms with Crippen molar-refractivity contribution in [3.63, 3.8) is 0 Å². The van der Waals surface area contributed by atoms with Gasteiger partial charge in [-0.05, 0) is 132 Å². The van der Waals surface area contributed by atoms with Crippen LogP contribution in [-0.2, 0) is 0 Å². The van der Waals surface area contributed by atoms with Gasteiger partial charge in [-0.1, -0.05) is 281 Å². The SMILES string of the molecule is C=CCCCCCCCCCCC(C(C=C)CCCCCCCCCC=C)C(CCCCCCCCCC=C)(CCCCCCCCCCC=C)C(CCCC)CCCCCCCCC=CCCCC. The van der Waals surface area contributed by atoms with Crippen molar-refractivity contribution in [3.05, 3.63) is 75.4 Å². The van der Waals surface area contributed by atoms with Gasteiger partial charge in [-0.3, -0.25) is 0 Å². The van der Waals surface area contributed by atoms with Crippen molar-refractivity contribution >= 4 is 0 Å². The Hall–Kier alpha value is -1.56. The number of hydrogen-bond acceptors (Lipinski definition) is 0. The summed E-state index contributed by atoms with van der Waals surface area (Å²) in [6, 6.07) is 0. The highest BCUT2D eigenvalue weighted by atomic mass is 14.5. The molecule has 4 atom stereocenters. The van der Waals surface area contributed by atoms with E-state index in [0.717, 1.165) is 11.8 Å². The lowest BCUT2D eigenvalue weighted by molar-refractivity contribution is -0.00333. The van der Waals surface area contributed by atoms with Gasteiger partial charge in [-0.25, -0.2) is 0 Å². The summed E-state index contributed by atoms with van der Waals surface area (Å²) in [5.74, 6) is 2.32. The highest BCUT2D eigenvalue weighted by Gasteiger charge is 2.45. The van der Waals surface area contributed by atoms with Gasteiger partial charge in [0.1, 0.15) is 0 Å². The van der Waals surface area contributed by atoms with Crippen molar-refractivity contribution in [2.24, 2.45) is 23.2 Å². The van der Waals surface area contributed by atoms with Crippen LogP contribution < -0.4 is 0 Å². The summed E-state index contributed by atoms with van der Waals surface area (Å²) in [5.41, 5.74) is 0.448. The molecule has 0 aliphatic carbocycles. The van der Waals surface area contributed by atoms with E-state index < -0.39 is 0 Å². The predicted octanol–water partition coefficient (Wildman–Crippen LogP) is 25.6. The lowest BCUT2D eigenvalue weighted by atomic mass is 9.54. The van der Waals surface area contributed by atoms with Gasteiger partial charge in [-0.2, -0.15) is 0 Å². The molecule has 0 saturated carbocycles. The Morgan fingerprint density at radius 3 is 0.929 bits per heavy atom. The van der Waals surface area contributed by atoms with Crippen molar-refractivity contribution in [3.8, 4) is 0 Å². The van der Waals surface area contributed by atoms with Gasteiger partial charge in [0.25, 0.3) is 0 Å². The maximum atomic E-state index is 4.79. The monoisotopic (exact) mass is 971 g/mol. The average molecular weight is 972 g/mol. The molecule has 0 amide bonds. The van der Waals surface area contributed by atoms with Crippen molar-refractivity contribution in [2.45, 2.75) is 348 Å². The van der Waals surface area contributed by atoms with Gasteiger partial charge in [0, 0.05) is 0 Å². The van der Waals surface area contributed by atoms with E-state index in [0.29, 0.717) is 11.3 Å². The Morgan fingerprint density at radius 2 is 0.571 bits per heavy atom. The fraction of sp³-hybridized carbons (Fsp3) is 0.829. The van der Waals surface area contributed by atoms with Crippen LogP contribution in [0.25, 0.3) is 0 Å². The molecule has 0 nitrogen and oxygen atoms in total. The van der Waals surface area contributed by atoms with E-state index >= 15 is 0 Å². The van der Waals surface area contributed by atoms with E-state index in [-0.39, 0.29) is 0 Å². The van der Waals surface area contributed by atoms with E-state index in [4.69, 9.17) is 6.58 Å². The first-order chi connectivity index (χ1) is 34.6. The van der Waals surface area contributed by atoms with Crippen LogP contribution in [0.1, 0.15) is 348 Å². The molecule has 0 aliphatic heterocycles. The van der Waals surface area contributed by atoms with E-state index in [9.17, 15) is 0 Å². The number of unbranched alkanes of at least 4 members (excludes halogenated alkanes) is 39. The first-order valence-corrected chi connectivity index (χ1v) is 32.3. The highest BCUT2D eigenvalue weighted by Crippen LogP contribution is 2.55. The minimum atomic E-state index is 0.448. The lowest BCUT2D eigenvalue weighted by Gasteiger charge is -2.51. The Balaban J connectivity index is 6.65. The quantitative estimate of drug-likeness (QED) is 0.0421. The van der Waals surface area contributed by atoms with Crippen molar-refractivity contribution < 1.29 is 0 Å². The zero-order valence-corrected chi connectivity index (χ0v) is 48.6. The molecule has 0 heterocycles. The van der Waals surface area contributed by atoms with Crippen LogP contribution >= 0.6 is 0 Å². The van der Waals surface area contributed by atoms with Gasteiger partial charge in [0.05, 0.1) is 0 Å². The zero-order chi connectivity index (χ0) is 51.0. The third kappa shape index (κ3) is 41.9. The molecule has 0 aromatic heterocycles. The van der Waals surface area contributed by atoms with Gasteiger partial charge >= 0.3 is 0 Å². The molecule has 0 radical (unpaired) electrons.